The summed E-state index contributed by atoms with van der Waals surface area (Å²) in [5.41, 5.74) is -1.000. The Morgan fingerprint density at radius 1 is 1.26 bits per heavy atom. The van der Waals surface area contributed by atoms with E-state index in [2.05, 4.69) is 5.32 Å². The van der Waals surface area contributed by atoms with Gasteiger partial charge in [-0.05, 0) is 33.3 Å². The molecule has 0 saturated carbocycles. The lowest BCUT2D eigenvalue weighted by molar-refractivity contribution is -0.128. The number of benzene rings is 1. The Bertz CT molecular complexity index is 661. The number of amides is 2. The molecule has 7 heteroatoms. The topological polar surface area (TPSA) is 58.6 Å². The third kappa shape index (κ3) is 6.19. The van der Waals surface area contributed by atoms with Gasteiger partial charge in [-0.1, -0.05) is 30.3 Å². The fourth-order valence-electron chi connectivity index (χ4n) is 3.33. The highest BCUT2D eigenvalue weighted by Gasteiger charge is 2.45. The van der Waals surface area contributed by atoms with E-state index in [0.29, 0.717) is 13.1 Å². The lowest BCUT2D eigenvalue weighted by Crippen LogP contribution is -2.54. The standard InChI is InChI=1S/C20H28F2N2O3/c1-19(2,3)27-18(26)23-20(4,11-16(21)22)15-10-17(25)24(13-15)12-14-8-6-5-7-9-14/h5-9,15-16H,10-13H2,1-4H3,(H,23,26). The second kappa shape index (κ2) is 8.23. The van der Waals surface area contributed by atoms with E-state index in [1.54, 1.807) is 32.6 Å². The van der Waals surface area contributed by atoms with E-state index in [1.165, 1.54) is 0 Å². The first kappa shape index (κ1) is 21.1. The molecule has 1 aromatic carbocycles. The molecule has 27 heavy (non-hydrogen) atoms. The van der Waals surface area contributed by atoms with Gasteiger partial charge in [-0.2, -0.15) is 0 Å². The van der Waals surface area contributed by atoms with Crippen LogP contribution < -0.4 is 5.32 Å². The molecule has 1 saturated heterocycles. The Balaban J connectivity index is 2.11. The molecule has 0 bridgehead atoms. The molecule has 2 rings (SSSR count). The number of nitrogens with one attached hydrogen (secondary N) is 1. The largest absolute Gasteiger partial charge is 0.444 e. The average Bonchev–Trinajstić information content (AvgIpc) is 2.87. The van der Waals surface area contributed by atoms with Crippen LogP contribution in [0.25, 0.3) is 0 Å². The van der Waals surface area contributed by atoms with Crippen LogP contribution in [0.3, 0.4) is 0 Å². The van der Waals surface area contributed by atoms with Gasteiger partial charge in [0.1, 0.15) is 5.60 Å². The van der Waals surface area contributed by atoms with Gasteiger partial charge in [-0.15, -0.1) is 0 Å². The Morgan fingerprint density at radius 2 is 1.89 bits per heavy atom. The van der Waals surface area contributed by atoms with Crippen LogP contribution in [0.15, 0.2) is 30.3 Å². The van der Waals surface area contributed by atoms with E-state index in [-0.39, 0.29) is 12.3 Å². The SMILES string of the molecule is CC(C)(C)OC(=O)NC(C)(CC(F)F)C1CC(=O)N(Cc2ccccc2)C1. The average molecular weight is 382 g/mol. The molecule has 1 fully saturated rings. The number of alkyl carbamates (subject to hydrolysis) is 1. The highest BCUT2D eigenvalue weighted by Crippen LogP contribution is 2.34. The van der Waals surface area contributed by atoms with Crippen molar-refractivity contribution in [3.8, 4) is 0 Å². The zero-order chi connectivity index (χ0) is 20.2. The maximum absolute atomic E-state index is 13.2. The number of nitrogens with zero attached hydrogens (tertiary/aromatic N) is 1. The van der Waals surface area contributed by atoms with Crippen molar-refractivity contribution in [3.05, 3.63) is 35.9 Å². The highest BCUT2D eigenvalue weighted by atomic mass is 19.3. The maximum atomic E-state index is 13.2. The van der Waals surface area contributed by atoms with Gasteiger partial charge in [0.05, 0.1) is 5.54 Å². The van der Waals surface area contributed by atoms with Crippen LogP contribution in [-0.4, -0.2) is 41.0 Å². The second-order valence-corrected chi connectivity index (χ2v) is 8.30. The summed E-state index contributed by atoms with van der Waals surface area (Å²) in [7, 11) is 0. The molecule has 1 aromatic rings. The van der Waals surface area contributed by atoms with E-state index in [0.717, 1.165) is 5.56 Å². The van der Waals surface area contributed by atoms with E-state index in [4.69, 9.17) is 4.74 Å². The molecule has 1 aliphatic heterocycles. The molecule has 0 aliphatic carbocycles. The van der Waals surface area contributed by atoms with Gasteiger partial charge < -0.3 is 15.0 Å². The Labute approximate surface area is 159 Å². The van der Waals surface area contributed by atoms with Gasteiger partial charge in [0.2, 0.25) is 12.3 Å². The first-order valence-electron chi connectivity index (χ1n) is 9.09. The van der Waals surface area contributed by atoms with E-state index < -0.39 is 36.0 Å². The fourth-order valence-corrected chi connectivity index (χ4v) is 3.33. The van der Waals surface area contributed by atoms with Crippen LogP contribution in [0, 0.1) is 5.92 Å². The van der Waals surface area contributed by atoms with Crippen molar-refractivity contribution in [2.45, 2.75) is 64.6 Å². The molecule has 0 radical (unpaired) electrons. The number of carbonyl (C=O) groups excluding carboxylic acids is 2. The first-order valence-corrected chi connectivity index (χ1v) is 9.09. The van der Waals surface area contributed by atoms with E-state index in [1.807, 2.05) is 30.3 Å². The number of hydrogen-bond donors (Lipinski definition) is 1. The highest BCUT2D eigenvalue weighted by molar-refractivity contribution is 5.79. The van der Waals surface area contributed by atoms with Crippen LogP contribution in [-0.2, 0) is 16.1 Å². The molecule has 0 spiro atoms. The van der Waals surface area contributed by atoms with Gasteiger partial charge in [-0.3, -0.25) is 4.79 Å². The van der Waals surface area contributed by atoms with E-state index in [9.17, 15) is 18.4 Å². The number of rotatable bonds is 6. The third-order valence-corrected chi connectivity index (χ3v) is 4.70. The minimum Gasteiger partial charge on any atom is -0.444 e. The van der Waals surface area contributed by atoms with Crippen molar-refractivity contribution < 1.29 is 23.1 Å². The molecule has 1 aliphatic rings. The maximum Gasteiger partial charge on any atom is 0.408 e. The molecule has 1 heterocycles. The second-order valence-electron chi connectivity index (χ2n) is 8.30. The smallest absolute Gasteiger partial charge is 0.408 e. The van der Waals surface area contributed by atoms with E-state index >= 15 is 0 Å². The minimum atomic E-state index is -2.61. The lowest BCUT2D eigenvalue weighted by atomic mass is 9.82. The number of likely N-dealkylation sites (tertiary alicyclic amines) is 1. The number of halogens is 2. The molecule has 150 valence electrons. The lowest BCUT2D eigenvalue weighted by Gasteiger charge is -2.36. The Hall–Kier alpha value is -2.18. The summed E-state index contributed by atoms with van der Waals surface area (Å²) in [4.78, 5) is 26.3. The van der Waals surface area contributed by atoms with Crippen molar-refractivity contribution in [2.24, 2.45) is 5.92 Å². The summed E-state index contributed by atoms with van der Waals surface area (Å²) in [6.45, 7) is 7.42. The normalized spacial score (nSPS) is 19.9. The molecule has 2 unspecified atom stereocenters. The van der Waals surface area contributed by atoms with Crippen molar-refractivity contribution >= 4 is 12.0 Å². The summed E-state index contributed by atoms with van der Waals surface area (Å²) in [5.74, 6) is -0.523. The summed E-state index contributed by atoms with van der Waals surface area (Å²) < 4.78 is 31.7. The third-order valence-electron chi connectivity index (χ3n) is 4.70. The zero-order valence-corrected chi connectivity index (χ0v) is 16.3. The van der Waals surface area contributed by atoms with Crippen molar-refractivity contribution in [1.82, 2.24) is 10.2 Å². The fraction of sp³-hybridized carbons (Fsp3) is 0.600. The van der Waals surface area contributed by atoms with Crippen molar-refractivity contribution in [2.75, 3.05) is 6.54 Å². The van der Waals surface area contributed by atoms with Crippen LogP contribution in [0.1, 0.15) is 46.1 Å². The Kier molecular flexibility index (Phi) is 6.44. The minimum absolute atomic E-state index is 0.102. The number of carbonyl (C=O) groups is 2. The molecule has 0 aromatic heterocycles. The van der Waals surface area contributed by atoms with Gasteiger partial charge in [-0.25, -0.2) is 13.6 Å². The molecular weight excluding hydrogens is 354 g/mol. The monoisotopic (exact) mass is 382 g/mol. The van der Waals surface area contributed by atoms with Crippen molar-refractivity contribution in [3.63, 3.8) is 0 Å². The number of hydrogen-bond acceptors (Lipinski definition) is 3. The predicted octanol–water partition coefficient (Wildman–Crippen LogP) is 3.97. The van der Waals surface area contributed by atoms with Gasteiger partial charge >= 0.3 is 6.09 Å². The summed E-state index contributed by atoms with van der Waals surface area (Å²) in [6.07, 6.45) is -3.78. The molecule has 2 amide bonds. The number of alkyl halides is 2. The van der Waals surface area contributed by atoms with Gasteiger partial charge in [0.15, 0.2) is 0 Å². The summed E-state index contributed by atoms with van der Waals surface area (Å²) >= 11 is 0. The predicted molar refractivity (Wildman–Crippen MR) is 98.4 cm³/mol. The first-order chi connectivity index (χ1) is 12.5. The van der Waals surface area contributed by atoms with Crippen LogP contribution in [0.4, 0.5) is 13.6 Å². The quantitative estimate of drug-likeness (QED) is 0.810. The van der Waals surface area contributed by atoms with Crippen molar-refractivity contribution in [1.29, 1.82) is 0 Å². The van der Waals surface area contributed by atoms with Crippen LogP contribution in [0.2, 0.25) is 0 Å². The van der Waals surface area contributed by atoms with Gasteiger partial charge in [0.25, 0.3) is 0 Å². The van der Waals surface area contributed by atoms with Crippen LogP contribution in [0.5, 0.6) is 0 Å². The Morgan fingerprint density at radius 3 is 2.44 bits per heavy atom. The zero-order valence-electron chi connectivity index (χ0n) is 16.3. The number of ether oxygens (including phenoxy) is 1. The molecule has 5 nitrogen and oxygen atoms in total. The molecule has 1 N–H and O–H groups in total. The molecular formula is C20H28F2N2O3. The molecule has 2 atom stereocenters. The summed E-state index contributed by atoms with van der Waals surface area (Å²) in [6, 6.07) is 9.50. The van der Waals surface area contributed by atoms with Gasteiger partial charge in [0, 0.05) is 31.8 Å². The van der Waals surface area contributed by atoms with Crippen LogP contribution >= 0.6 is 0 Å². The summed E-state index contributed by atoms with van der Waals surface area (Å²) in [5, 5.41) is 2.61.